The van der Waals surface area contributed by atoms with E-state index in [2.05, 4.69) is 5.32 Å². The normalized spacial score (nSPS) is 11.9. The first-order valence-corrected chi connectivity index (χ1v) is 16.3. The smallest absolute Gasteiger partial charge is 0.264 e. The maximum Gasteiger partial charge on any atom is 0.264 e. The second-order valence-corrected chi connectivity index (χ2v) is 12.2. The van der Waals surface area contributed by atoms with Gasteiger partial charge in [-0.2, -0.15) is 0 Å². The third kappa shape index (κ3) is 8.27. The van der Waals surface area contributed by atoms with Gasteiger partial charge in [-0.05, 0) is 87.5 Å². The van der Waals surface area contributed by atoms with E-state index in [1.54, 1.807) is 48.5 Å². The van der Waals surface area contributed by atoms with Crippen molar-refractivity contribution in [1.82, 2.24) is 10.2 Å². The van der Waals surface area contributed by atoms with Crippen LogP contribution in [0.1, 0.15) is 38.3 Å². The number of sulfonamides is 1. The van der Waals surface area contributed by atoms with E-state index in [1.165, 1.54) is 16.7 Å². The Labute approximate surface area is 248 Å². The summed E-state index contributed by atoms with van der Waals surface area (Å²) in [6, 6.07) is 20.1. The third-order valence-electron chi connectivity index (χ3n) is 6.57. The minimum absolute atomic E-state index is 0.0674. The fourth-order valence-electron chi connectivity index (χ4n) is 4.38. The standard InChI is InChI=1S/C31H39N3O5S2/c1-6-29(31(36)32-7-2)33(21-24-11-9-23(4)10-12-24)30(35)22-34(25-13-15-26(16-14-25)39-8-3)41(37,38)28-19-17-27(40-5)18-20-28/h9-20,29H,6-8,21-22H2,1-5H3,(H,32,36)/t29-/m0/s1. The number of hydrogen-bond acceptors (Lipinski definition) is 6. The molecule has 0 bridgehead atoms. The van der Waals surface area contributed by atoms with Gasteiger partial charge in [0.2, 0.25) is 11.8 Å². The minimum Gasteiger partial charge on any atom is -0.494 e. The highest BCUT2D eigenvalue weighted by molar-refractivity contribution is 7.98. The van der Waals surface area contributed by atoms with Gasteiger partial charge in [-0.3, -0.25) is 13.9 Å². The van der Waals surface area contributed by atoms with Crippen LogP contribution in [0.4, 0.5) is 5.69 Å². The van der Waals surface area contributed by atoms with Crippen molar-refractivity contribution in [2.75, 3.05) is 30.3 Å². The summed E-state index contributed by atoms with van der Waals surface area (Å²) in [6.45, 7) is 8.05. The molecule has 0 fully saturated rings. The minimum atomic E-state index is -4.14. The Hall–Kier alpha value is -3.50. The van der Waals surface area contributed by atoms with E-state index >= 15 is 0 Å². The van der Waals surface area contributed by atoms with Gasteiger partial charge in [0.05, 0.1) is 17.2 Å². The van der Waals surface area contributed by atoms with Crippen LogP contribution in [-0.4, -0.2) is 57.1 Å². The summed E-state index contributed by atoms with van der Waals surface area (Å²) in [5, 5.41) is 2.82. The lowest BCUT2D eigenvalue weighted by Crippen LogP contribution is -2.52. The van der Waals surface area contributed by atoms with Crippen LogP contribution in [0.25, 0.3) is 0 Å². The maximum atomic E-state index is 14.1. The maximum absolute atomic E-state index is 14.1. The van der Waals surface area contributed by atoms with Gasteiger partial charge in [0, 0.05) is 18.0 Å². The molecule has 8 nitrogen and oxygen atoms in total. The molecule has 3 rings (SSSR count). The van der Waals surface area contributed by atoms with Gasteiger partial charge in [-0.25, -0.2) is 8.42 Å². The summed E-state index contributed by atoms with van der Waals surface area (Å²) >= 11 is 1.51. The van der Waals surface area contributed by atoms with Gasteiger partial charge in [0.1, 0.15) is 18.3 Å². The average Bonchev–Trinajstić information content (AvgIpc) is 2.97. The molecule has 10 heteroatoms. The predicted molar refractivity (Wildman–Crippen MR) is 165 cm³/mol. The zero-order chi connectivity index (χ0) is 30.0. The Morgan fingerprint density at radius 2 is 1.56 bits per heavy atom. The number of ether oxygens (including phenoxy) is 1. The second-order valence-electron chi connectivity index (χ2n) is 9.44. The molecule has 0 aliphatic carbocycles. The van der Waals surface area contributed by atoms with Crippen LogP contribution in [0.2, 0.25) is 0 Å². The molecular formula is C31H39N3O5S2. The number of benzene rings is 3. The highest BCUT2D eigenvalue weighted by Crippen LogP contribution is 2.28. The van der Waals surface area contributed by atoms with E-state index < -0.39 is 28.5 Å². The Bertz CT molecular complexity index is 1390. The summed E-state index contributed by atoms with van der Waals surface area (Å²) in [6.07, 6.45) is 2.28. The summed E-state index contributed by atoms with van der Waals surface area (Å²) in [7, 11) is -4.14. The number of thioether (sulfide) groups is 1. The van der Waals surface area contributed by atoms with Crippen molar-refractivity contribution < 1.29 is 22.7 Å². The van der Waals surface area contributed by atoms with E-state index in [0.717, 1.165) is 20.3 Å². The van der Waals surface area contributed by atoms with Crippen LogP contribution in [0.5, 0.6) is 5.75 Å². The molecule has 0 saturated carbocycles. The topological polar surface area (TPSA) is 96.0 Å². The largest absolute Gasteiger partial charge is 0.494 e. The number of carbonyl (C=O) groups is 2. The molecular weight excluding hydrogens is 558 g/mol. The molecule has 3 aromatic carbocycles. The molecule has 220 valence electrons. The molecule has 0 aromatic heterocycles. The summed E-state index contributed by atoms with van der Waals surface area (Å²) < 4.78 is 34.7. The van der Waals surface area contributed by atoms with Crippen molar-refractivity contribution in [3.63, 3.8) is 0 Å². The SMILES string of the molecule is CCNC(=O)[C@H](CC)N(Cc1ccc(C)cc1)C(=O)CN(c1ccc(OCC)cc1)S(=O)(=O)c1ccc(SC)cc1. The molecule has 0 aliphatic heterocycles. The van der Waals surface area contributed by atoms with Gasteiger partial charge in [-0.1, -0.05) is 36.8 Å². The monoisotopic (exact) mass is 597 g/mol. The molecule has 1 N–H and O–H groups in total. The van der Waals surface area contributed by atoms with Gasteiger partial charge >= 0.3 is 0 Å². The van der Waals surface area contributed by atoms with Crippen LogP contribution < -0.4 is 14.4 Å². The molecule has 1 atom stereocenters. The lowest BCUT2D eigenvalue weighted by molar-refractivity contribution is -0.140. The van der Waals surface area contributed by atoms with Crippen molar-refractivity contribution in [1.29, 1.82) is 0 Å². The number of aryl methyl sites for hydroxylation is 1. The van der Waals surface area contributed by atoms with E-state index in [4.69, 9.17) is 4.74 Å². The zero-order valence-corrected chi connectivity index (χ0v) is 25.9. The average molecular weight is 598 g/mol. The fourth-order valence-corrected chi connectivity index (χ4v) is 6.20. The fraction of sp³-hybridized carbons (Fsp3) is 0.355. The van der Waals surface area contributed by atoms with Crippen molar-refractivity contribution >= 4 is 39.3 Å². The summed E-state index contributed by atoms with van der Waals surface area (Å²) in [5.74, 6) is -0.173. The molecule has 0 radical (unpaired) electrons. The Kier molecular flexibility index (Phi) is 11.7. The lowest BCUT2D eigenvalue weighted by atomic mass is 10.1. The highest BCUT2D eigenvalue weighted by Gasteiger charge is 2.33. The zero-order valence-electron chi connectivity index (χ0n) is 24.3. The third-order valence-corrected chi connectivity index (χ3v) is 9.10. The summed E-state index contributed by atoms with van der Waals surface area (Å²) in [5.41, 5.74) is 2.23. The molecule has 0 aliphatic rings. The van der Waals surface area contributed by atoms with Crippen LogP contribution in [0, 0.1) is 6.92 Å². The van der Waals surface area contributed by atoms with Gasteiger partial charge in [0.25, 0.3) is 10.0 Å². The molecule has 0 heterocycles. The first-order valence-electron chi connectivity index (χ1n) is 13.7. The molecule has 0 spiro atoms. The van der Waals surface area contributed by atoms with Crippen molar-refractivity contribution in [3.05, 3.63) is 83.9 Å². The number of anilines is 1. The Morgan fingerprint density at radius 3 is 2.10 bits per heavy atom. The first-order chi connectivity index (χ1) is 19.6. The summed E-state index contributed by atoms with van der Waals surface area (Å²) in [4.78, 5) is 29.6. The number of nitrogens with one attached hydrogen (secondary N) is 1. The number of amides is 2. The van der Waals surface area contributed by atoms with Gasteiger partial charge in [-0.15, -0.1) is 11.8 Å². The predicted octanol–water partition coefficient (Wildman–Crippen LogP) is 5.25. The highest BCUT2D eigenvalue weighted by atomic mass is 32.2. The van der Waals surface area contributed by atoms with E-state index in [-0.39, 0.29) is 17.3 Å². The lowest BCUT2D eigenvalue weighted by Gasteiger charge is -2.33. The number of nitrogens with zero attached hydrogens (tertiary/aromatic N) is 2. The molecule has 3 aromatic rings. The molecule has 0 saturated heterocycles. The Balaban J connectivity index is 2.05. The quantitative estimate of drug-likeness (QED) is 0.255. The molecule has 41 heavy (non-hydrogen) atoms. The number of likely N-dealkylation sites (N-methyl/N-ethyl adjacent to an activating group) is 1. The number of rotatable bonds is 14. The van der Waals surface area contributed by atoms with Crippen LogP contribution in [-0.2, 0) is 26.2 Å². The second kappa shape index (κ2) is 14.9. The van der Waals surface area contributed by atoms with E-state index in [0.29, 0.717) is 31.0 Å². The van der Waals surface area contributed by atoms with Gasteiger partial charge < -0.3 is 15.0 Å². The van der Waals surface area contributed by atoms with Gasteiger partial charge in [0.15, 0.2) is 0 Å². The van der Waals surface area contributed by atoms with Crippen molar-refractivity contribution in [2.45, 2.75) is 56.5 Å². The van der Waals surface area contributed by atoms with Crippen molar-refractivity contribution in [3.8, 4) is 5.75 Å². The van der Waals surface area contributed by atoms with Crippen molar-refractivity contribution in [2.24, 2.45) is 0 Å². The van der Waals surface area contributed by atoms with E-state index in [1.807, 2.05) is 58.2 Å². The Morgan fingerprint density at radius 1 is 0.927 bits per heavy atom. The number of hydrogen-bond donors (Lipinski definition) is 1. The van der Waals surface area contributed by atoms with Crippen LogP contribution in [0.15, 0.2) is 82.6 Å². The van der Waals surface area contributed by atoms with E-state index in [9.17, 15) is 18.0 Å². The van der Waals surface area contributed by atoms with Crippen LogP contribution in [0.3, 0.4) is 0 Å². The molecule has 2 amide bonds. The van der Waals surface area contributed by atoms with Crippen LogP contribution >= 0.6 is 11.8 Å². The molecule has 0 unspecified atom stereocenters. The number of carbonyl (C=O) groups excluding carboxylic acids is 2. The first kappa shape index (κ1) is 32.0.